The van der Waals surface area contributed by atoms with Crippen molar-refractivity contribution in [1.29, 1.82) is 0 Å². The fraction of sp³-hybridized carbons (Fsp3) is 1.00. The molecule has 0 fully saturated rings. The summed E-state index contributed by atoms with van der Waals surface area (Å²) in [6.45, 7) is 11.0. The molecule has 0 aromatic carbocycles. The maximum absolute atomic E-state index is 9.85. The van der Waals surface area contributed by atoms with Crippen LogP contribution in [0.3, 0.4) is 0 Å². The third-order valence-electron chi connectivity index (χ3n) is 2.17. The van der Waals surface area contributed by atoms with Crippen molar-refractivity contribution in [1.82, 2.24) is 0 Å². The SMILES string of the molecule is CCC[C@H](C)[C@@H](O)[Si](C)(C)C. The maximum atomic E-state index is 9.85. The van der Waals surface area contributed by atoms with Gasteiger partial charge in [0.2, 0.25) is 0 Å². The van der Waals surface area contributed by atoms with Gasteiger partial charge < -0.3 is 5.11 Å². The quantitative estimate of drug-likeness (QED) is 0.650. The monoisotopic (exact) mass is 174 g/mol. The summed E-state index contributed by atoms with van der Waals surface area (Å²) in [4.78, 5) is 0. The van der Waals surface area contributed by atoms with E-state index in [1.54, 1.807) is 0 Å². The molecule has 0 radical (unpaired) electrons. The Morgan fingerprint density at radius 2 is 1.73 bits per heavy atom. The lowest BCUT2D eigenvalue weighted by molar-refractivity contribution is 0.176. The van der Waals surface area contributed by atoms with E-state index >= 15 is 0 Å². The minimum absolute atomic E-state index is 0.0255. The Hall–Kier alpha value is 0.177. The van der Waals surface area contributed by atoms with Crippen LogP contribution in [0, 0.1) is 5.92 Å². The van der Waals surface area contributed by atoms with E-state index in [1.165, 1.54) is 6.42 Å². The first-order chi connectivity index (χ1) is 4.89. The molecular weight excluding hydrogens is 152 g/mol. The van der Waals surface area contributed by atoms with Crippen molar-refractivity contribution >= 4 is 8.07 Å². The second kappa shape index (κ2) is 4.26. The zero-order chi connectivity index (χ0) is 9.07. The van der Waals surface area contributed by atoms with Crippen LogP contribution in [-0.4, -0.2) is 18.9 Å². The normalized spacial score (nSPS) is 18.0. The number of aliphatic hydroxyl groups is 1. The molecule has 0 aromatic rings. The first-order valence-electron chi connectivity index (χ1n) is 4.57. The van der Waals surface area contributed by atoms with Crippen LogP contribution in [0.25, 0.3) is 0 Å². The molecule has 0 aliphatic carbocycles. The van der Waals surface area contributed by atoms with Crippen LogP contribution >= 0.6 is 0 Å². The zero-order valence-corrected chi connectivity index (χ0v) is 9.52. The molecule has 0 heterocycles. The summed E-state index contributed by atoms with van der Waals surface area (Å²) in [7, 11) is -1.31. The molecule has 68 valence electrons. The van der Waals surface area contributed by atoms with Gasteiger partial charge in [0, 0.05) is 5.73 Å². The number of hydrogen-bond acceptors (Lipinski definition) is 1. The standard InChI is InChI=1S/C9H22OSi/c1-6-7-8(2)9(10)11(3,4)5/h8-10H,6-7H2,1-5H3/t8-,9-/m0/s1. The van der Waals surface area contributed by atoms with Gasteiger partial charge in [-0.05, 0) is 12.3 Å². The predicted molar refractivity (Wildman–Crippen MR) is 53.4 cm³/mol. The Labute approximate surface area is 71.8 Å². The molecule has 0 rings (SSSR count). The van der Waals surface area contributed by atoms with Gasteiger partial charge in [-0.15, -0.1) is 0 Å². The average molecular weight is 174 g/mol. The Balaban J connectivity index is 3.91. The largest absolute Gasteiger partial charge is 0.396 e. The number of aliphatic hydroxyl groups excluding tert-OH is 1. The van der Waals surface area contributed by atoms with E-state index in [4.69, 9.17) is 0 Å². The van der Waals surface area contributed by atoms with Crippen LogP contribution in [0.15, 0.2) is 0 Å². The molecule has 1 nitrogen and oxygen atoms in total. The van der Waals surface area contributed by atoms with Crippen LogP contribution in [0.4, 0.5) is 0 Å². The van der Waals surface area contributed by atoms with E-state index in [2.05, 4.69) is 33.5 Å². The fourth-order valence-electron chi connectivity index (χ4n) is 1.47. The highest BCUT2D eigenvalue weighted by atomic mass is 28.3. The lowest BCUT2D eigenvalue weighted by atomic mass is 10.1. The summed E-state index contributed by atoms with van der Waals surface area (Å²) < 4.78 is 0. The van der Waals surface area contributed by atoms with E-state index < -0.39 is 8.07 Å². The minimum Gasteiger partial charge on any atom is -0.396 e. The van der Waals surface area contributed by atoms with E-state index in [-0.39, 0.29) is 5.73 Å². The summed E-state index contributed by atoms with van der Waals surface area (Å²) in [6.07, 6.45) is 2.34. The van der Waals surface area contributed by atoms with Crippen LogP contribution in [0.5, 0.6) is 0 Å². The fourth-order valence-corrected chi connectivity index (χ4v) is 3.34. The Morgan fingerprint density at radius 3 is 2.00 bits per heavy atom. The lowest BCUT2D eigenvalue weighted by Gasteiger charge is -2.29. The highest BCUT2D eigenvalue weighted by Crippen LogP contribution is 2.19. The maximum Gasteiger partial charge on any atom is 0.0785 e. The van der Waals surface area contributed by atoms with E-state index in [0.29, 0.717) is 5.92 Å². The third-order valence-corrected chi connectivity index (χ3v) is 4.51. The van der Waals surface area contributed by atoms with Gasteiger partial charge in [-0.2, -0.15) is 0 Å². The molecular formula is C9H22OSi. The highest BCUT2D eigenvalue weighted by Gasteiger charge is 2.28. The molecule has 0 spiro atoms. The summed E-state index contributed by atoms with van der Waals surface area (Å²) >= 11 is 0. The summed E-state index contributed by atoms with van der Waals surface area (Å²) in [5, 5.41) is 9.85. The molecule has 0 unspecified atom stereocenters. The van der Waals surface area contributed by atoms with Gasteiger partial charge in [0.05, 0.1) is 8.07 Å². The van der Waals surface area contributed by atoms with Gasteiger partial charge >= 0.3 is 0 Å². The summed E-state index contributed by atoms with van der Waals surface area (Å²) in [5.74, 6) is 0.492. The molecule has 0 saturated carbocycles. The van der Waals surface area contributed by atoms with Crippen LogP contribution in [0.2, 0.25) is 19.6 Å². The second-order valence-corrected chi connectivity index (χ2v) is 9.90. The Kier molecular flexibility index (Phi) is 4.33. The first kappa shape index (κ1) is 11.2. The van der Waals surface area contributed by atoms with Gasteiger partial charge in [0.1, 0.15) is 0 Å². The molecule has 0 aromatic heterocycles. The van der Waals surface area contributed by atoms with E-state index in [0.717, 1.165) is 6.42 Å². The van der Waals surface area contributed by atoms with Crippen LogP contribution in [-0.2, 0) is 0 Å². The first-order valence-corrected chi connectivity index (χ1v) is 8.15. The van der Waals surface area contributed by atoms with Crippen molar-refractivity contribution < 1.29 is 5.11 Å². The third kappa shape index (κ3) is 3.92. The summed E-state index contributed by atoms with van der Waals surface area (Å²) in [5.41, 5.74) is -0.0255. The zero-order valence-electron chi connectivity index (χ0n) is 8.52. The smallest absolute Gasteiger partial charge is 0.0785 e. The van der Waals surface area contributed by atoms with Crippen molar-refractivity contribution in [2.45, 2.75) is 52.1 Å². The van der Waals surface area contributed by atoms with Crippen LogP contribution in [0.1, 0.15) is 26.7 Å². The Bertz CT molecular complexity index is 107. The highest BCUT2D eigenvalue weighted by molar-refractivity contribution is 6.77. The molecule has 0 saturated heterocycles. The Morgan fingerprint density at radius 1 is 1.27 bits per heavy atom. The van der Waals surface area contributed by atoms with E-state index in [1.807, 2.05) is 0 Å². The molecule has 0 aliphatic rings. The molecule has 2 atom stereocenters. The average Bonchev–Trinajstić information content (AvgIpc) is 1.85. The number of rotatable bonds is 4. The van der Waals surface area contributed by atoms with Crippen molar-refractivity contribution in [2.24, 2.45) is 5.92 Å². The van der Waals surface area contributed by atoms with Gasteiger partial charge in [0.25, 0.3) is 0 Å². The van der Waals surface area contributed by atoms with Crippen molar-refractivity contribution in [3.05, 3.63) is 0 Å². The topological polar surface area (TPSA) is 20.2 Å². The predicted octanol–water partition coefficient (Wildman–Crippen LogP) is 2.66. The van der Waals surface area contributed by atoms with Crippen LogP contribution < -0.4 is 0 Å². The molecule has 0 aliphatic heterocycles. The number of hydrogen-bond donors (Lipinski definition) is 1. The summed E-state index contributed by atoms with van der Waals surface area (Å²) in [6, 6.07) is 0. The van der Waals surface area contributed by atoms with Gasteiger partial charge in [-0.25, -0.2) is 0 Å². The minimum atomic E-state index is -1.31. The van der Waals surface area contributed by atoms with Gasteiger partial charge in [0.15, 0.2) is 0 Å². The van der Waals surface area contributed by atoms with Gasteiger partial charge in [-0.3, -0.25) is 0 Å². The van der Waals surface area contributed by atoms with Crippen molar-refractivity contribution in [3.8, 4) is 0 Å². The van der Waals surface area contributed by atoms with Crippen molar-refractivity contribution in [2.75, 3.05) is 0 Å². The molecule has 2 heteroatoms. The second-order valence-electron chi connectivity index (χ2n) is 4.58. The van der Waals surface area contributed by atoms with Gasteiger partial charge in [-0.1, -0.05) is 39.9 Å². The molecule has 0 bridgehead atoms. The lowest BCUT2D eigenvalue weighted by Crippen LogP contribution is -2.42. The molecule has 1 N–H and O–H groups in total. The molecule has 0 amide bonds. The van der Waals surface area contributed by atoms with Crippen molar-refractivity contribution in [3.63, 3.8) is 0 Å². The van der Waals surface area contributed by atoms with E-state index in [9.17, 15) is 5.11 Å². The molecule has 11 heavy (non-hydrogen) atoms.